The molecule has 2 rings (SSSR count). The molecule has 20 heavy (non-hydrogen) atoms. The van der Waals surface area contributed by atoms with Gasteiger partial charge in [-0.25, -0.2) is 0 Å². The van der Waals surface area contributed by atoms with E-state index in [0.29, 0.717) is 23.4 Å². The molecule has 1 aromatic carbocycles. The second-order valence-electron chi connectivity index (χ2n) is 5.64. The van der Waals surface area contributed by atoms with E-state index in [-0.39, 0.29) is 5.91 Å². The number of rotatable bonds is 4. The summed E-state index contributed by atoms with van der Waals surface area (Å²) >= 11 is 4.89. The van der Waals surface area contributed by atoms with Crippen LogP contribution in [0.25, 0.3) is 0 Å². The number of thiocarbonyl (C=S) groups is 1. The van der Waals surface area contributed by atoms with E-state index in [1.54, 1.807) is 0 Å². The van der Waals surface area contributed by atoms with E-state index in [1.807, 2.05) is 24.3 Å². The summed E-state index contributed by atoms with van der Waals surface area (Å²) in [6.07, 6.45) is 0. The van der Waals surface area contributed by atoms with Crippen LogP contribution in [0.3, 0.4) is 0 Å². The van der Waals surface area contributed by atoms with Crippen molar-refractivity contribution in [3.05, 3.63) is 29.8 Å². The Kier molecular flexibility index (Phi) is 4.73. The predicted molar refractivity (Wildman–Crippen MR) is 85.7 cm³/mol. The maximum Gasteiger partial charge on any atom is 0.238 e. The number of benzene rings is 1. The molecule has 1 saturated heterocycles. The molecule has 4 nitrogen and oxygen atoms in total. The van der Waals surface area contributed by atoms with Crippen LogP contribution in [-0.4, -0.2) is 35.4 Å². The van der Waals surface area contributed by atoms with Crippen molar-refractivity contribution in [3.8, 4) is 0 Å². The van der Waals surface area contributed by atoms with Gasteiger partial charge < -0.3 is 11.1 Å². The van der Waals surface area contributed by atoms with E-state index >= 15 is 0 Å². The Balaban J connectivity index is 1.87. The Morgan fingerprint density at radius 1 is 1.30 bits per heavy atom. The van der Waals surface area contributed by atoms with Crippen molar-refractivity contribution in [1.29, 1.82) is 0 Å². The number of nitrogens with one attached hydrogen (secondary N) is 1. The predicted octanol–water partition coefficient (Wildman–Crippen LogP) is 1.85. The molecule has 0 radical (unpaired) electrons. The Morgan fingerprint density at radius 3 is 2.35 bits per heavy atom. The van der Waals surface area contributed by atoms with Crippen LogP contribution in [0.1, 0.15) is 19.4 Å². The van der Waals surface area contributed by atoms with E-state index < -0.39 is 0 Å². The zero-order valence-corrected chi connectivity index (χ0v) is 12.7. The van der Waals surface area contributed by atoms with E-state index in [0.717, 1.165) is 24.3 Å². The molecule has 1 heterocycles. The third-order valence-electron chi connectivity index (χ3n) is 3.88. The van der Waals surface area contributed by atoms with Crippen LogP contribution in [0.15, 0.2) is 24.3 Å². The van der Waals surface area contributed by atoms with E-state index in [9.17, 15) is 4.79 Å². The second kappa shape index (κ2) is 6.33. The Morgan fingerprint density at radius 2 is 1.85 bits per heavy atom. The highest BCUT2D eigenvalue weighted by atomic mass is 32.1. The van der Waals surface area contributed by atoms with E-state index in [1.165, 1.54) is 0 Å². The zero-order valence-electron chi connectivity index (χ0n) is 11.9. The summed E-state index contributed by atoms with van der Waals surface area (Å²) in [6, 6.07) is 7.28. The average Bonchev–Trinajstić information content (AvgIpc) is 2.68. The second-order valence-corrected chi connectivity index (χ2v) is 6.08. The van der Waals surface area contributed by atoms with Crippen LogP contribution in [0, 0.1) is 11.8 Å². The molecule has 2 unspecified atom stereocenters. The highest BCUT2D eigenvalue weighted by Crippen LogP contribution is 2.21. The number of hydrogen-bond donors (Lipinski definition) is 2. The van der Waals surface area contributed by atoms with Crippen LogP contribution in [0.4, 0.5) is 5.69 Å². The molecule has 1 aliphatic rings. The molecule has 1 fully saturated rings. The first-order valence-electron chi connectivity index (χ1n) is 6.88. The van der Waals surface area contributed by atoms with Crippen molar-refractivity contribution in [2.24, 2.45) is 17.6 Å². The van der Waals surface area contributed by atoms with Crippen LogP contribution >= 0.6 is 12.2 Å². The molecule has 5 heteroatoms. The van der Waals surface area contributed by atoms with Gasteiger partial charge in [0.25, 0.3) is 0 Å². The molecule has 1 aliphatic heterocycles. The van der Waals surface area contributed by atoms with Gasteiger partial charge in [-0.3, -0.25) is 9.69 Å². The van der Waals surface area contributed by atoms with Gasteiger partial charge in [-0.2, -0.15) is 0 Å². The molecule has 108 valence electrons. The molecule has 1 aromatic rings. The molecule has 0 bridgehead atoms. The van der Waals surface area contributed by atoms with Gasteiger partial charge in [0.2, 0.25) is 5.91 Å². The first-order valence-corrected chi connectivity index (χ1v) is 7.28. The number of carbonyl (C=O) groups excluding carboxylic acids is 1. The number of likely N-dealkylation sites (tertiary alicyclic amines) is 1. The quantitative estimate of drug-likeness (QED) is 0.831. The minimum absolute atomic E-state index is 0.0226. The third kappa shape index (κ3) is 3.77. The fraction of sp³-hybridized carbons (Fsp3) is 0.467. The van der Waals surface area contributed by atoms with Crippen LogP contribution in [0.5, 0.6) is 0 Å². The first-order chi connectivity index (χ1) is 9.45. The molecule has 0 aromatic heterocycles. The van der Waals surface area contributed by atoms with Crippen molar-refractivity contribution in [3.63, 3.8) is 0 Å². The highest BCUT2D eigenvalue weighted by molar-refractivity contribution is 7.80. The zero-order chi connectivity index (χ0) is 14.7. The third-order valence-corrected chi connectivity index (χ3v) is 4.12. The van der Waals surface area contributed by atoms with E-state index in [2.05, 4.69) is 24.1 Å². The molecule has 0 spiro atoms. The molecule has 1 amide bonds. The minimum Gasteiger partial charge on any atom is -0.389 e. The van der Waals surface area contributed by atoms with Crippen molar-refractivity contribution < 1.29 is 4.79 Å². The largest absolute Gasteiger partial charge is 0.389 e. The standard InChI is InChI=1S/C15H21N3OS/c1-10-7-18(8-11(10)2)9-14(19)17-13-5-3-12(4-6-13)15(16)20/h3-6,10-11H,7-9H2,1-2H3,(H2,16,20)(H,17,19). The summed E-state index contributed by atoms with van der Waals surface area (Å²) in [7, 11) is 0. The highest BCUT2D eigenvalue weighted by Gasteiger charge is 2.27. The van der Waals surface area contributed by atoms with Crippen LogP contribution in [-0.2, 0) is 4.79 Å². The summed E-state index contributed by atoms with van der Waals surface area (Å²) in [5, 5.41) is 2.90. The van der Waals surface area contributed by atoms with Gasteiger partial charge in [0.15, 0.2) is 0 Å². The number of nitrogens with two attached hydrogens (primary N) is 1. The van der Waals surface area contributed by atoms with E-state index in [4.69, 9.17) is 18.0 Å². The maximum atomic E-state index is 12.0. The normalized spacial score (nSPS) is 22.7. The van der Waals surface area contributed by atoms with Gasteiger partial charge >= 0.3 is 0 Å². The molecule has 2 atom stereocenters. The summed E-state index contributed by atoms with van der Waals surface area (Å²) in [6.45, 7) is 6.91. The van der Waals surface area contributed by atoms with Gasteiger partial charge in [-0.1, -0.05) is 26.1 Å². The lowest BCUT2D eigenvalue weighted by Gasteiger charge is -2.15. The van der Waals surface area contributed by atoms with Crippen molar-refractivity contribution >= 4 is 28.8 Å². The van der Waals surface area contributed by atoms with Crippen LogP contribution < -0.4 is 11.1 Å². The number of amides is 1. The lowest BCUT2D eigenvalue weighted by molar-refractivity contribution is -0.117. The van der Waals surface area contributed by atoms with Crippen molar-refractivity contribution in [2.75, 3.05) is 25.0 Å². The number of carbonyl (C=O) groups is 1. The Bertz CT molecular complexity index is 490. The Hall–Kier alpha value is -1.46. The summed E-state index contributed by atoms with van der Waals surface area (Å²) in [5.41, 5.74) is 7.12. The van der Waals surface area contributed by atoms with Crippen LogP contribution in [0.2, 0.25) is 0 Å². The van der Waals surface area contributed by atoms with Gasteiger partial charge in [0, 0.05) is 24.3 Å². The maximum absolute atomic E-state index is 12.0. The van der Waals surface area contributed by atoms with Crippen molar-refractivity contribution in [2.45, 2.75) is 13.8 Å². The number of nitrogens with zero attached hydrogens (tertiary/aromatic N) is 1. The summed E-state index contributed by atoms with van der Waals surface area (Å²) in [5.74, 6) is 1.34. The Labute approximate surface area is 125 Å². The molecule has 0 saturated carbocycles. The molecular weight excluding hydrogens is 270 g/mol. The number of anilines is 1. The van der Waals surface area contributed by atoms with Gasteiger partial charge in [0.1, 0.15) is 4.99 Å². The monoisotopic (exact) mass is 291 g/mol. The fourth-order valence-corrected chi connectivity index (χ4v) is 2.64. The lowest BCUT2D eigenvalue weighted by Crippen LogP contribution is -2.31. The van der Waals surface area contributed by atoms with Gasteiger partial charge in [0.05, 0.1) is 6.54 Å². The molecular formula is C15H21N3OS. The smallest absolute Gasteiger partial charge is 0.238 e. The molecule has 3 N–H and O–H groups in total. The minimum atomic E-state index is 0.0226. The van der Waals surface area contributed by atoms with Gasteiger partial charge in [-0.05, 0) is 36.1 Å². The summed E-state index contributed by atoms with van der Waals surface area (Å²) in [4.78, 5) is 14.6. The summed E-state index contributed by atoms with van der Waals surface area (Å²) < 4.78 is 0. The van der Waals surface area contributed by atoms with Crippen molar-refractivity contribution in [1.82, 2.24) is 4.90 Å². The topological polar surface area (TPSA) is 58.4 Å². The lowest BCUT2D eigenvalue weighted by atomic mass is 10.0. The number of hydrogen-bond acceptors (Lipinski definition) is 3. The fourth-order valence-electron chi connectivity index (χ4n) is 2.50. The van der Waals surface area contributed by atoms with Gasteiger partial charge in [-0.15, -0.1) is 0 Å². The first kappa shape index (κ1) is 14.9. The molecule has 0 aliphatic carbocycles. The SMILES string of the molecule is CC1CN(CC(=O)Nc2ccc(C(N)=S)cc2)CC1C. The average molecular weight is 291 g/mol.